The maximum Gasteiger partial charge on any atom is 0.407 e. The van der Waals surface area contributed by atoms with Crippen molar-refractivity contribution in [2.45, 2.75) is 77.1 Å². The Bertz CT molecular complexity index is 529. The molecule has 1 aromatic carbocycles. The lowest BCUT2D eigenvalue weighted by molar-refractivity contribution is 0.0528. The van der Waals surface area contributed by atoms with Crippen LogP contribution >= 0.6 is 0 Å². The van der Waals surface area contributed by atoms with Crippen LogP contribution in [0.25, 0.3) is 0 Å². The maximum atomic E-state index is 11.6. The average molecular weight is 348 g/mol. The Hall–Kier alpha value is -1.59. The van der Waals surface area contributed by atoms with Crippen LogP contribution in [0.1, 0.15) is 57.6 Å². The van der Waals surface area contributed by atoms with Crippen molar-refractivity contribution in [3.8, 4) is 0 Å². The number of hydrogen-bond donors (Lipinski definition) is 3. The van der Waals surface area contributed by atoms with Crippen LogP contribution in [0.2, 0.25) is 0 Å². The Morgan fingerprint density at radius 1 is 1.12 bits per heavy atom. The number of hydrogen-bond acceptors (Lipinski definition) is 4. The summed E-state index contributed by atoms with van der Waals surface area (Å²) >= 11 is 0. The van der Waals surface area contributed by atoms with Crippen molar-refractivity contribution in [1.29, 1.82) is 0 Å². The van der Waals surface area contributed by atoms with Gasteiger partial charge in [-0.15, -0.1) is 0 Å². The fraction of sp³-hybridized carbons (Fsp3) is 0.650. The molecule has 140 valence electrons. The van der Waals surface area contributed by atoms with Gasteiger partial charge in [0, 0.05) is 25.2 Å². The molecule has 0 aliphatic heterocycles. The number of nitrogens with two attached hydrogens (primary N) is 1. The van der Waals surface area contributed by atoms with E-state index in [9.17, 15) is 4.79 Å². The van der Waals surface area contributed by atoms with Gasteiger partial charge < -0.3 is 21.1 Å². The van der Waals surface area contributed by atoms with E-state index >= 15 is 0 Å². The minimum atomic E-state index is -0.456. The van der Waals surface area contributed by atoms with Crippen molar-refractivity contribution in [2.75, 3.05) is 6.54 Å². The molecule has 0 aromatic heterocycles. The first-order valence-corrected chi connectivity index (χ1v) is 9.35. The molecule has 1 amide bonds. The lowest BCUT2D eigenvalue weighted by Crippen LogP contribution is -2.37. The van der Waals surface area contributed by atoms with E-state index in [1.165, 1.54) is 24.0 Å². The van der Waals surface area contributed by atoms with Crippen LogP contribution in [0.4, 0.5) is 4.79 Å². The second-order valence-electron chi connectivity index (χ2n) is 7.99. The molecule has 0 heterocycles. The first kappa shape index (κ1) is 19.7. The average Bonchev–Trinajstić information content (AvgIpc) is 2.54. The summed E-state index contributed by atoms with van der Waals surface area (Å²) in [6, 6.07) is 9.56. The molecular weight excluding hydrogens is 314 g/mol. The van der Waals surface area contributed by atoms with Crippen LogP contribution in [0.3, 0.4) is 0 Å². The van der Waals surface area contributed by atoms with Crippen LogP contribution < -0.4 is 16.4 Å². The Morgan fingerprint density at radius 3 is 2.32 bits per heavy atom. The van der Waals surface area contributed by atoms with E-state index < -0.39 is 5.60 Å². The van der Waals surface area contributed by atoms with Gasteiger partial charge in [0.15, 0.2) is 0 Å². The smallest absolute Gasteiger partial charge is 0.407 e. The van der Waals surface area contributed by atoms with E-state index in [0.29, 0.717) is 18.6 Å². The lowest BCUT2D eigenvalue weighted by Gasteiger charge is -2.27. The molecule has 1 saturated carbocycles. The maximum absolute atomic E-state index is 11.6. The molecule has 1 fully saturated rings. The topological polar surface area (TPSA) is 76.4 Å². The predicted octanol–water partition coefficient (Wildman–Crippen LogP) is 3.11. The number of benzene rings is 1. The van der Waals surface area contributed by atoms with Crippen LogP contribution in [0.5, 0.6) is 0 Å². The Kier molecular flexibility index (Phi) is 7.26. The van der Waals surface area contributed by atoms with Crippen LogP contribution in [-0.4, -0.2) is 30.3 Å². The van der Waals surface area contributed by atoms with Gasteiger partial charge in [0.25, 0.3) is 0 Å². The summed E-state index contributed by atoms with van der Waals surface area (Å²) in [4.78, 5) is 11.6. The quantitative estimate of drug-likeness (QED) is 0.739. The molecule has 1 aliphatic rings. The largest absolute Gasteiger partial charge is 0.444 e. The zero-order valence-electron chi connectivity index (χ0n) is 15.8. The molecule has 0 spiro atoms. The highest BCUT2D eigenvalue weighted by Crippen LogP contribution is 2.17. The van der Waals surface area contributed by atoms with Gasteiger partial charge in [0.05, 0.1) is 0 Å². The number of alkyl carbamates (subject to hydrolysis) is 1. The van der Waals surface area contributed by atoms with Gasteiger partial charge in [-0.05, 0) is 64.0 Å². The van der Waals surface area contributed by atoms with Gasteiger partial charge in [-0.2, -0.15) is 0 Å². The first-order valence-electron chi connectivity index (χ1n) is 9.35. The highest BCUT2D eigenvalue weighted by molar-refractivity contribution is 5.67. The standard InChI is InChI=1S/C20H33N3O2/c1-20(2,3)25-19(24)22-13-12-15-4-6-16(7-5-15)14-23-18-10-8-17(21)9-11-18/h4-7,17-18,23H,8-14,21H2,1-3H3,(H,22,24). The number of ether oxygens (including phenoxy) is 1. The zero-order chi connectivity index (χ0) is 18.3. The Balaban J connectivity index is 1.66. The van der Waals surface area contributed by atoms with Crippen LogP contribution in [0.15, 0.2) is 24.3 Å². The third-order valence-electron chi connectivity index (χ3n) is 4.47. The summed E-state index contributed by atoms with van der Waals surface area (Å²) in [6.07, 6.45) is 5.04. The molecule has 1 aromatic rings. The molecule has 4 N–H and O–H groups in total. The van der Waals surface area contributed by atoms with Crippen molar-refractivity contribution in [1.82, 2.24) is 10.6 Å². The third kappa shape index (κ3) is 7.88. The highest BCUT2D eigenvalue weighted by atomic mass is 16.6. The highest BCUT2D eigenvalue weighted by Gasteiger charge is 2.17. The minimum Gasteiger partial charge on any atom is -0.444 e. The molecule has 0 atom stereocenters. The number of carbonyl (C=O) groups excluding carboxylic acids is 1. The Labute approximate surface area is 151 Å². The summed E-state index contributed by atoms with van der Waals surface area (Å²) in [5.74, 6) is 0. The van der Waals surface area contributed by atoms with Crippen molar-refractivity contribution < 1.29 is 9.53 Å². The second-order valence-corrected chi connectivity index (χ2v) is 7.99. The summed E-state index contributed by atoms with van der Waals surface area (Å²) < 4.78 is 5.22. The predicted molar refractivity (Wildman–Crippen MR) is 101 cm³/mol. The van der Waals surface area contributed by atoms with Crippen molar-refractivity contribution in [2.24, 2.45) is 5.73 Å². The van der Waals surface area contributed by atoms with Gasteiger partial charge in [-0.1, -0.05) is 24.3 Å². The summed E-state index contributed by atoms with van der Waals surface area (Å²) in [6.45, 7) is 7.06. The number of amides is 1. The molecule has 1 aliphatic carbocycles. The van der Waals surface area contributed by atoms with E-state index in [1.807, 2.05) is 20.8 Å². The molecule has 0 radical (unpaired) electrons. The fourth-order valence-corrected chi connectivity index (χ4v) is 3.03. The minimum absolute atomic E-state index is 0.361. The molecule has 5 nitrogen and oxygen atoms in total. The number of carbonyl (C=O) groups is 1. The van der Waals surface area contributed by atoms with Gasteiger partial charge >= 0.3 is 6.09 Å². The van der Waals surface area contributed by atoms with Crippen LogP contribution in [-0.2, 0) is 17.7 Å². The molecular formula is C20H33N3O2. The normalized spacial score (nSPS) is 21.0. The van der Waals surface area contributed by atoms with E-state index in [4.69, 9.17) is 10.5 Å². The van der Waals surface area contributed by atoms with Crippen molar-refractivity contribution >= 4 is 6.09 Å². The first-order chi connectivity index (χ1) is 11.8. The molecule has 25 heavy (non-hydrogen) atoms. The molecule has 0 unspecified atom stereocenters. The zero-order valence-corrected chi connectivity index (χ0v) is 15.8. The van der Waals surface area contributed by atoms with E-state index in [-0.39, 0.29) is 6.09 Å². The van der Waals surface area contributed by atoms with E-state index in [1.54, 1.807) is 0 Å². The van der Waals surface area contributed by atoms with Gasteiger partial charge in [-0.3, -0.25) is 0 Å². The lowest BCUT2D eigenvalue weighted by atomic mass is 9.92. The SMILES string of the molecule is CC(C)(C)OC(=O)NCCc1ccc(CNC2CCC(N)CC2)cc1. The van der Waals surface area contributed by atoms with E-state index in [0.717, 1.165) is 25.8 Å². The van der Waals surface area contributed by atoms with E-state index in [2.05, 4.69) is 34.9 Å². The summed E-state index contributed by atoms with van der Waals surface area (Å²) in [5.41, 5.74) is 7.99. The molecule has 2 rings (SSSR count). The summed E-state index contributed by atoms with van der Waals surface area (Å²) in [5, 5.41) is 6.42. The summed E-state index contributed by atoms with van der Waals surface area (Å²) in [7, 11) is 0. The fourth-order valence-electron chi connectivity index (χ4n) is 3.03. The van der Waals surface area contributed by atoms with Crippen molar-refractivity contribution in [3.63, 3.8) is 0 Å². The molecule has 0 bridgehead atoms. The Morgan fingerprint density at radius 2 is 1.72 bits per heavy atom. The van der Waals surface area contributed by atoms with Gasteiger partial charge in [0.1, 0.15) is 5.60 Å². The second kappa shape index (κ2) is 9.20. The van der Waals surface area contributed by atoms with Crippen LogP contribution in [0, 0.1) is 0 Å². The molecule has 0 saturated heterocycles. The number of nitrogens with one attached hydrogen (secondary N) is 2. The molecule has 5 heteroatoms. The number of rotatable bonds is 6. The third-order valence-corrected chi connectivity index (χ3v) is 4.47. The van der Waals surface area contributed by atoms with Gasteiger partial charge in [0.2, 0.25) is 0 Å². The monoisotopic (exact) mass is 347 g/mol. The van der Waals surface area contributed by atoms with Gasteiger partial charge in [-0.25, -0.2) is 4.79 Å². The van der Waals surface area contributed by atoms with Crippen molar-refractivity contribution in [3.05, 3.63) is 35.4 Å².